The normalized spacial score (nSPS) is 9.62. The second-order valence-corrected chi connectivity index (χ2v) is 2.76. The van der Waals surface area contributed by atoms with Crippen LogP contribution in [0.15, 0.2) is 24.5 Å². The van der Waals surface area contributed by atoms with E-state index >= 15 is 0 Å². The summed E-state index contributed by atoms with van der Waals surface area (Å²) >= 11 is 0. The maximum atomic E-state index is 4.26. The fraction of sp³-hybridized carbons (Fsp3) is 0.182. The largest absolute Gasteiger partial charge is 0.359 e. The van der Waals surface area contributed by atoms with E-state index in [9.17, 15) is 0 Å². The highest BCUT2D eigenvalue weighted by Crippen LogP contribution is 2.13. The molecule has 0 fully saturated rings. The van der Waals surface area contributed by atoms with Crippen molar-refractivity contribution in [2.75, 3.05) is 0 Å². The van der Waals surface area contributed by atoms with E-state index in [1.807, 2.05) is 25.3 Å². The van der Waals surface area contributed by atoms with Gasteiger partial charge in [-0.05, 0) is 12.1 Å². The number of hydrogen-bond donors (Lipinski definition) is 1. The molecule has 0 saturated heterocycles. The van der Waals surface area contributed by atoms with Crippen LogP contribution in [-0.4, -0.2) is 9.97 Å². The minimum Gasteiger partial charge on any atom is -0.359 e. The molecule has 2 heterocycles. The van der Waals surface area contributed by atoms with E-state index < -0.39 is 0 Å². The van der Waals surface area contributed by atoms with Crippen LogP contribution in [0, 0.1) is 11.8 Å². The topological polar surface area (TPSA) is 28.7 Å². The van der Waals surface area contributed by atoms with Crippen LogP contribution < -0.4 is 0 Å². The molecule has 0 atom stereocenters. The monoisotopic (exact) mass is 170 g/mol. The molecular formula is C11H10N2. The molecule has 1 N–H and O–H groups in total. The lowest BCUT2D eigenvalue weighted by molar-refractivity contribution is 1.28. The minimum absolute atomic E-state index is 0.875. The number of hydrogen-bond acceptors (Lipinski definition) is 1. The maximum Gasteiger partial charge on any atom is 0.103 e. The Labute approximate surface area is 77.0 Å². The zero-order valence-electron chi connectivity index (χ0n) is 7.46. The molecule has 13 heavy (non-hydrogen) atoms. The minimum atomic E-state index is 0.875. The summed E-state index contributed by atoms with van der Waals surface area (Å²) in [5.74, 6) is 6.11. The number of aromatic amines is 1. The van der Waals surface area contributed by atoms with E-state index in [1.165, 1.54) is 0 Å². The molecule has 2 heteroatoms. The van der Waals surface area contributed by atoms with Crippen molar-refractivity contribution in [3.05, 3.63) is 30.1 Å². The van der Waals surface area contributed by atoms with Crippen molar-refractivity contribution in [3.8, 4) is 11.8 Å². The fourth-order valence-corrected chi connectivity index (χ4v) is 1.23. The van der Waals surface area contributed by atoms with Gasteiger partial charge in [-0.1, -0.05) is 18.8 Å². The molecule has 2 rings (SSSR count). The maximum absolute atomic E-state index is 4.26. The highest BCUT2D eigenvalue weighted by Gasteiger charge is 1.99. The van der Waals surface area contributed by atoms with E-state index in [0.29, 0.717) is 0 Å². The Kier molecular flexibility index (Phi) is 2.01. The fourth-order valence-electron chi connectivity index (χ4n) is 1.23. The molecule has 0 spiro atoms. The molecule has 0 aliphatic heterocycles. The average molecular weight is 170 g/mol. The summed E-state index contributed by atoms with van der Waals surface area (Å²) in [7, 11) is 0. The highest BCUT2D eigenvalue weighted by molar-refractivity contribution is 5.81. The Bertz CT molecular complexity index is 471. The lowest BCUT2D eigenvalue weighted by atomic mass is 10.2. The van der Waals surface area contributed by atoms with Crippen LogP contribution in [0.4, 0.5) is 0 Å². The zero-order valence-corrected chi connectivity index (χ0v) is 7.46. The van der Waals surface area contributed by atoms with Crippen LogP contribution in [0.25, 0.3) is 11.0 Å². The molecule has 0 bridgehead atoms. The van der Waals surface area contributed by atoms with E-state index in [2.05, 4.69) is 21.8 Å². The molecule has 0 aromatic carbocycles. The van der Waals surface area contributed by atoms with Crippen LogP contribution in [0.1, 0.15) is 18.9 Å². The second-order valence-electron chi connectivity index (χ2n) is 2.76. The van der Waals surface area contributed by atoms with Crippen molar-refractivity contribution >= 4 is 11.0 Å². The summed E-state index contributed by atoms with van der Waals surface area (Å²) in [5.41, 5.74) is 2.99. The lowest BCUT2D eigenvalue weighted by Crippen LogP contribution is -1.74. The van der Waals surface area contributed by atoms with E-state index in [-0.39, 0.29) is 0 Å². The van der Waals surface area contributed by atoms with E-state index in [0.717, 1.165) is 23.0 Å². The number of fused-ring (bicyclic) bond motifs is 1. The van der Waals surface area contributed by atoms with Crippen LogP contribution in [-0.2, 0) is 0 Å². The van der Waals surface area contributed by atoms with E-state index in [1.54, 1.807) is 6.20 Å². The van der Waals surface area contributed by atoms with Gasteiger partial charge in [-0.3, -0.25) is 4.98 Å². The third-order valence-corrected chi connectivity index (χ3v) is 1.83. The first kappa shape index (κ1) is 7.88. The van der Waals surface area contributed by atoms with Gasteiger partial charge in [-0.15, -0.1) is 0 Å². The van der Waals surface area contributed by atoms with Crippen molar-refractivity contribution in [1.29, 1.82) is 0 Å². The van der Waals surface area contributed by atoms with Crippen molar-refractivity contribution in [2.45, 2.75) is 13.3 Å². The lowest BCUT2D eigenvalue weighted by Gasteiger charge is -1.86. The number of H-pyrrole nitrogens is 1. The van der Waals surface area contributed by atoms with Gasteiger partial charge in [0.15, 0.2) is 0 Å². The summed E-state index contributed by atoms with van der Waals surface area (Å²) in [6.45, 7) is 2.04. The van der Waals surface area contributed by atoms with Crippen LogP contribution in [0.3, 0.4) is 0 Å². The number of aromatic nitrogens is 2. The predicted molar refractivity (Wildman–Crippen MR) is 53.3 cm³/mol. The summed E-state index contributed by atoms with van der Waals surface area (Å²) in [6.07, 6.45) is 4.56. The molecule has 64 valence electrons. The van der Waals surface area contributed by atoms with Gasteiger partial charge >= 0.3 is 0 Å². The highest BCUT2D eigenvalue weighted by atomic mass is 14.8. The number of pyridine rings is 1. The van der Waals surface area contributed by atoms with Gasteiger partial charge in [0.05, 0.1) is 11.1 Å². The first-order valence-electron chi connectivity index (χ1n) is 4.33. The Morgan fingerprint density at radius 2 is 2.46 bits per heavy atom. The smallest absolute Gasteiger partial charge is 0.103 e. The van der Waals surface area contributed by atoms with Gasteiger partial charge in [0, 0.05) is 18.8 Å². The summed E-state index contributed by atoms with van der Waals surface area (Å²) < 4.78 is 0. The molecule has 2 nitrogen and oxygen atoms in total. The first-order valence-corrected chi connectivity index (χ1v) is 4.33. The van der Waals surface area contributed by atoms with Crippen LogP contribution >= 0.6 is 0 Å². The van der Waals surface area contributed by atoms with Crippen LogP contribution in [0.2, 0.25) is 0 Å². The molecular weight excluding hydrogens is 160 g/mol. The Hall–Kier alpha value is -1.75. The van der Waals surface area contributed by atoms with Crippen LogP contribution in [0.5, 0.6) is 0 Å². The number of nitrogens with one attached hydrogen (secondary N) is 1. The molecule has 2 aromatic rings. The second kappa shape index (κ2) is 3.32. The molecule has 0 unspecified atom stereocenters. The SMILES string of the molecule is CCC#Cc1c[nH]c2cccnc12. The van der Waals surface area contributed by atoms with Gasteiger partial charge in [0.1, 0.15) is 5.52 Å². The van der Waals surface area contributed by atoms with Gasteiger partial charge in [-0.2, -0.15) is 0 Å². The average Bonchev–Trinajstić information content (AvgIpc) is 2.58. The summed E-state index contributed by atoms with van der Waals surface area (Å²) in [4.78, 5) is 7.39. The van der Waals surface area contributed by atoms with Crippen molar-refractivity contribution in [2.24, 2.45) is 0 Å². The molecule has 0 aliphatic rings. The third kappa shape index (κ3) is 1.41. The standard InChI is InChI=1S/C11H10N2/c1-2-3-5-9-8-13-10-6-4-7-12-11(9)10/h4,6-8,13H,2H2,1H3. The van der Waals surface area contributed by atoms with Crippen molar-refractivity contribution in [1.82, 2.24) is 9.97 Å². The quantitative estimate of drug-likeness (QED) is 0.604. The summed E-state index contributed by atoms with van der Waals surface area (Å²) in [5, 5.41) is 0. The van der Waals surface area contributed by atoms with Gasteiger partial charge < -0.3 is 4.98 Å². The molecule has 0 radical (unpaired) electrons. The van der Waals surface area contributed by atoms with Gasteiger partial charge in [0.2, 0.25) is 0 Å². The molecule has 0 amide bonds. The Morgan fingerprint density at radius 3 is 3.31 bits per heavy atom. The molecule has 0 saturated carbocycles. The van der Waals surface area contributed by atoms with Crippen molar-refractivity contribution in [3.63, 3.8) is 0 Å². The van der Waals surface area contributed by atoms with Crippen molar-refractivity contribution < 1.29 is 0 Å². The third-order valence-electron chi connectivity index (χ3n) is 1.83. The molecule has 2 aromatic heterocycles. The van der Waals surface area contributed by atoms with Gasteiger partial charge in [-0.25, -0.2) is 0 Å². The van der Waals surface area contributed by atoms with E-state index in [4.69, 9.17) is 0 Å². The summed E-state index contributed by atoms with van der Waals surface area (Å²) in [6, 6.07) is 3.91. The molecule has 0 aliphatic carbocycles. The Morgan fingerprint density at radius 1 is 1.54 bits per heavy atom. The number of nitrogens with zero attached hydrogens (tertiary/aromatic N) is 1. The first-order chi connectivity index (χ1) is 6.42. The Balaban J connectivity index is 2.58. The predicted octanol–water partition coefficient (Wildman–Crippen LogP) is 2.32. The van der Waals surface area contributed by atoms with Gasteiger partial charge in [0.25, 0.3) is 0 Å². The zero-order chi connectivity index (χ0) is 9.10. The number of rotatable bonds is 0.